The number of likely N-dealkylation sites (tertiary alicyclic amines) is 1. The molecular weight excluding hydrogens is 256 g/mol. The summed E-state index contributed by atoms with van der Waals surface area (Å²) < 4.78 is 0. The van der Waals surface area contributed by atoms with Crippen LogP contribution in [0, 0.1) is 10.1 Å². The minimum Gasteiger partial charge on any atom is -0.339 e. The summed E-state index contributed by atoms with van der Waals surface area (Å²) in [6.07, 6.45) is 3.13. The number of halogens is 1. The fourth-order valence-electron chi connectivity index (χ4n) is 2.06. The summed E-state index contributed by atoms with van der Waals surface area (Å²) in [6.45, 7) is 1.46. The van der Waals surface area contributed by atoms with Gasteiger partial charge in [-0.1, -0.05) is 11.6 Å². The van der Waals surface area contributed by atoms with Crippen molar-refractivity contribution in [3.8, 4) is 0 Å². The van der Waals surface area contributed by atoms with Crippen LogP contribution in [0.15, 0.2) is 18.2 Å². The van der Waals surface area contributed by atoms with Gasteiger partial charge in [-0.25, -0.2) is 0 Å². The molecule has 0 unspecified atom stereocenters. The van der Waals surface area contributed by atoms with Gasteiger partial charge in [0.25, 0.3) is 11.6 Å². The molecule has 0 spiro atoms. The average molecular weight is 269 g/mol. The maximum atomic E-state index is 12.2. The quantitative estimate of drug-likeness (QED) is 0.612. The predicted molar refractivity (Wildman–Crippen MR) is 67.9 cm³/mol. The number of hydrogen-bond donors (Lipinski definition) is 0. The van der Waals surface area contributed by atoms with Crippen LogP contribution < -0.4 is 0 Å². The van der Waals surface area contributed by atoms with Crippen molar-refractivity contribution >= 4 is 23.2 Å². The Morgan fingerprint density at radius 1 is 1.28 bits per heavy atom. The molecule has 0 N–H and O–H groups in total. The van der Waals surface area contributed by atoms with Crippen molar-refractivity contribution in [3.05, 3.63) is 38.9 Å². The highest BCUT2D eigenvalue weighted by molar-refractivity contribution is 6.34. The first kappa shape index (κ1) is 12.8. The van der Waals surface area contributed by atoms with Crippen molar-refractivity contribution < 1.29 is 9.72 Å². The van der Waals surface area contributed by atoms with Crippen LogP contribution in [0.25, 0.3) is 0 Å². The number of nitro groups is 1. The third-order valence-electron chi connectivity index (χ3n) is 3.04. The van der Waals surface area contributed by atoms with E-state index in [4.69, 9.17) is 11.6 Å². The van der Waals surface area contributed by atoms with Crippen LogP contribution in [-0.2, 0) is 0 Å². The third-order valence-corrected chi connectivity index (χ3v) is 3.35. The van der Waals surface area contributed by atoms with Gasteiger partial charge < -0.3 is 4.90 Å². The minimum atomic E-state index is -0.527. The number of non-ortho nitro benzene ring substituents is 1. The van der Waals surface area contributed by atoms with Gasteiger partial charge in [0.05, 0.1) is 15.5 Å². The fourth-order valence-corrected chi connectivity index (χ4v) is 2.31. The van der Waals surface area contributed by atoms with Crippen molar-refractivity contribution in [1.29, 1.82) is 0 Å². The molecule has 1 saturated heterocycles. The number of hydrogen-bond acceptors (Lipinski definition) is 3. The Morgan fingerprint density at radius 3 is 2.50 bits per heavy atom. The molecule has 1 aliphatic heterocycles. The summed E-state index contributed by atoms with van der Waals surface area (Å²) in [5.41, 5.74) is 0.236. The number of rotatable bonds is 2. The lowest BCUT2D eigenvalue weighted by molar-refractivity contribution is -0.384. The van der Waals surface area contributed by atoms with E-state index < -0.39 is 4.92 Å². The Hall–Kier alpha value is -1.62. The van der Waals surface area contributed by atoms with E-state index in [1.807, 2.05) is 0 Å². The summed E-state index contributed by atoms with van der Waals surface area (Å²) in [7, 11) is 0. The standard InChI is InChI=1S/C12H13ClN2O3/c13-11-8-9(15(17)18)4-5-10(11)12(16)14-6-2-1-3-7-14/h4-5,8H,1-3,6-7H2. The molecule has 0 saturated carbocycles. The zero-order chi connectivity index (χ0) is 13.1. The van der Waals surface area contributed by atoms with E-state index in [1.165, 1.54) is 18.2 Å². The molecule has 0 bridgehead atoms. The molecule has 1 amide bonds. The van der Waals surface area contributed by atoms with E-state index in [-0.39, 0.29) is 16.6 Å². The third kappa shape index (κ3) is 2.61. The molecule has 1 heterocycles. The van der Waals surface area contributed by atoms with Crippen LogP contribution in [0.1, 0.15) is 29.6 Å². The lowest BCUT2D eigenvalue weighted by atomic mass is 10.1. The van der Waals surface area contributed by atoms with Crippen molar-refractivity contribution in [2.45, 2.75) is 19.3 Å². The number of benzene rings is 1. The van der Waals surface area contributed by atoms with Gasteiger partial charge in [-0.2, -0.15) is 0 Å². The second-order valence-corrected chi connectivity index (χ2v) is 4.68. The van der Waals surface area contributed by atoms with E-state index in [0.717, 1.165) is 32.4 Å². The lowest BCUT2D eigenvalue weighted by Crippen LogP contribution is -2.35. The predicted octanol–water partition coefficient (Wildman–Crippen LogP) is 2.87. The van der Waals surface area contributed by atoms with Gasteiger partial charge in [-0.05, 0) is 25.3 Å². The van der Waals surface area contributed by atoms with Crippen molar-refractivity contribution in [2.75, 3.05) is 13.1 Å². The topological polar surface area (TPSA) is 63.4 Å². The van der Waals surface area contributed by atoms with E-state index in [0.29, 0.717) is 5.56 Å². The highest BCUT2D eigenvalue weighted by Crippen LogP contribution is 2.24. The monoisotopic (exact) mass is 268 g/mol. The van der Waals surface area contributed by atoms with Crippen molar-refractivity contribution in [2.24, 2.45) is 0 Å². The smallest absolute Gasteiger partial charge is 0.270 e. The molecule has 5 nitrogen and oxygen atoms in total. The first-order valence-corrected chi connectivity index (χ1v) is 6.20. The first-order chi connectivity index (χ1) is 8.59. The molecule has 0 atom stereocenters. The highest BCUT2D eigenvalue weighted by Gasteiger charge is 2.21. The number of carbonyl (C=O) groups is 1. The van der Waals surface area contributed by atoms with E-state index in [2.05, 4.69) is 0 Å². The largest absolute Gasteiger partial charge is 0.339 e. The summed E-state index contributed by atoms with van der Waals surface area (Å²) >= 11 is 5.94. The molecule has 1 fully saturated rings. The molecule has 0 aliphatic carbocycles. The second-order valence-electron chi connectivity index (χ2n) is 4.27. The molecule has 2 rings (SSSR count). The van der Waals surface area contributed by atoms with Gasteiger partial charge in [-0.15, -0.1) is 0 Å². The van der Waals surface area contributed by atoms with Crippen LogP contribution in [0.3, 0.4) is 0 Å². The summed E-state index contributed by atoms with van der Waals surface area (Å²) in [5, 5.41) is 10.7. The second kappa shape index (κ2) is 5.35. The number of piperidine rings is 1. The highest BCUT2D eigenvalue weighted by atomic mass is 35.5. The maximum Gasteiger partial charge on any atom is 0.270 e. The molecule has 1 aliphatic rings. The molecule has 1 aromatic carbocycles. The Morgan fingerprint density at radius 2 is 1.94 bits per heavy atom. The zero-order valence-corrected chi connectivity index (χ0v) is 10.5. The minimum absolute atomic E-state index is 0.102. The van der Waals surface area contributed by atoms with E-state index in [9.17, 15) is 14.9 Å². The van der Waals surface area contributed by atoms with Crippen LogP contribution in [-0.4, -0.2) is 28.8 Å². The van der Waals surface area contributed by atoms with Crippen LogP contribution >= 0.6 is 11.6 Å². The molecule has 0 radical (unpaired) electrons. The van der Waals surface area contributed by atoms with E-state index in [1.54, 1.807) is 4.90 Å². The molecular formula is C12H13ClN2O3. The normalized spacial score (nSPS) is 15.5. The SMILES string of the molecule is O=C(c1ccc([N+](=O)[O-])cc1Cl)N1CCCCC1. The molecule has 18 heavy (non-hydrogen) atoms. The number of amides is 1. The average Bonchev–Trinajstić information content (AvgIpc) is 2.38. The fraction of sp³-hybridized carbons (Fsp3) is 0.417. The molecule has 1 aromatic rings. The Bertz CT molecular complexity index is 484. The lowest BCUT2D eigenvalue weighted by Gasteiger charge is -2.26. The van der Waals surface area contributed by atoms with E-state index >= 15 is 0 Å². The summed E-state index contributed by atoms with van der Waals surface area (Å²) in [6, 6.07) is 3.96. The van der Waals surface area contributed by atoms with Gasteiger partial charge in [0.2, 0.25) is 0 Å². The zero-order valence-electron chi connectivity index (χ0n) is 9.76. The maximum absolute atomic E-state index is 12.2. The Kier molecular flexibility index (Phi) is 3.81. The number of carbonyl (C=O) groups excluding carboxylic acids is 1. The van der Waals surface area contributed by atoms with Crippen molar-refractivity contribution in [3.63, 3.8) is 0 Å². The summed E-state index contributed by atoms with van der Waals surface area (Å²) in [4.78, 5) is 24.0. The van der Waals surface area contributed by atoms with Gasteiger partial charge in [0.15, 0.2) is 0 Å². The van der Waals surface area contributed by atoms with Crippen molar-refractivity contribution in [1.82, 2.24) is 4.90 Å². The van der Waals surface area contributed by atoms with Gasteiger partial charge >= 0.3 is 0 Å². The molecule has 0 aromatic heterocycles. The van der Waals surface area contributed by atoms with Crippen LogP contribution in [0.4, 0.5) is 5.69 Å². The number of nitrogens with zero attached hydrogens (tertiary/aromatic N) is 2. The molecule has 6 heteroatoms. The molecule has 96 valence electrons. The summed E-state index contributed by atoms with van der Waals surface area (Å²) in [5.74, 6) is -0.144. The Labute approximate surface area is 109 Å². The van der Waals surface area contributed by atoms with Gasteiger partial charge in [0, 0.05) is 25.2 Å². The van der Waals surface area contributed by atoms with Gasteiger partial charge in [0.1, 0.15) is 0 Å². The van der Waals surface area contributed by atoms with Crippen LogP contribution in [0.5, 0.6) is 0 Å². The Balaban J connectivity index is 2.22. The van der Waals surface area contributed by atoms with Gasteiger partial charge in [-0.3, -0.25) is 14.9 Å². The number of nitro benzene ring substituents is 1. The van der Waals surface area contributed by atoms with Crippen LogP contribution in [0.2, 0.25) is 5.02 Å². The first-order valence-electron chi connectivity index (χ1n) is 5.83.